The van der Waals surface area contributed by atoms with E-state index in [1.54, 1.807) is 12.1 Å². The van der Waals surface area contributed by atoms with Crippen LogP contribution in [0.3, 0.4) is 0 Å². The molecule has 0 aliphatic rings. The largest absolute Gasteiger partial charge is 0.493 e. The van der Waals surface area contributed by atoms with Gasteiger partial charge >= 0.3 is 0 Å². The van der Waals surface area contributed by atoms with Crippen LogP contribution in [-0.2, 0) is 6.61 Å². The molecule has 0 atom stereocenters. The summed E-state index contributed by atoms with van der Waals surface area (Å²) in [5.41, 5.74) is 1.59. The lowest BCUT2D eigenvalue weighted by molar-refractivity contribution is 0.285. The molecule has 3 aromatic rings. The SMILES string of the molecule is COc1cc2c(Cl)c(F)cnc2cc1OCc1ccccc1. The number of pyridine rings is 1. The molecular formula is C17H13ClFNO2. The van der Waals surface area contributed by atoms with Crippen molar-refractivity contribution in [2.75, 3.05) is 7.11 Å². The highest BCUT2D eigenvalue weighted by Crippen LogP contribution is 2.35. The number of hydrogen-bond donors (Lipinski definition) is 0. The number of aromatic nitrogens is 1. The van der Waals surface area contributed by atoms with E-state index in [1.165, 1.54) is 7.11 Å². The summed E-state index contributed by atoms with van der Waals surface area (Å²) < 4.78 is 24.6. The third-order valence-corrected chi connectivity index (χ3v) is 3.67. The van der Waals surface area contributed by atoms with Crippen molar-refractivity contribution in [3.63, 3.8) is 0 Å². The van der Waals surface area contributed by atoms with Crippen molar-refractivity contribution in [2.24, 2.45) is 0 Å². The lowest BCUT2D eigenvalue weighted by atomic mass is 10.2. The van der Waals surface area contributed by atoms with Crippen LogP contribution in [0.4, 0.5) is 4.39 Å². The lowest BCUT2D eigenvalue weighted by Gasteiger charge is -2.12. The number of benzene rings is 2. The predicted molar refractivity (Wildman–Crippen MR) is 84.0 cm³/mol. The van der Waals surface area contributed by atoms with Gasteiger partial charge in [0.05, 0.1) is 23.8 Å². The first-order chi connectivity index (χ1) is 10.7. The maximum absolute atomic E-state index is 13.5. The molecule has 0 saturated heterocycles. The number of rotatable bonds is 4. The average Bonchev–Trinajstić information content (AvgIpc) is 2.57. The quantitative estimate of drug-likeness (QED) is 0.704. The first-order valence-electron chi connectivity index (χ1n) is 6.67. The zero-order valence-corrected chi connectivity index (χ0v) is 12.6. The highest BCUT2D eigenvalue weighted by atomic mass is 35.5. The summed E-state index contributed by atoms with van der Waals surface area (Å²) in [6.07, 6.45) is 1.10. The van der Waals surface area contributed by atoms with Gasteiger partial charge in [-0.3, -0.25) is 4.98 Å². The molecule has 2 aromatic carbocycles. The van der Waals surface area contributed by atoms with Crippen molar-refractivity contribution < 1.29 is 13.9 Å². The normalized spacial score (nSPS) is 10.7. The standard InChI is InChI=1S/C17H13ClFNO2/c1-21-15-7-12-14(20-9-13(19)17(12)18)8-16(15)22-10-11-5-3-2-4-6-11/h2-9H,10H2,1H3. The van der Waals surface area contributed by atoms with Crippen LogP contribution in [0.25, 0.3) is 10.9 Å². The Kier molecular flexibility index (Phi) is 4.11. The summed E-state index contributed by atoms with van der Waals surface area (Å²) in [6.45, 7) is 0.400. The molecule has 0 N–H and O–H groups in total. The second-order valence-corrected chi connectivity index (χ2v) is 5.09. The molecule has 3 rings (SSSR count). The number of ether oxygens (including phenoxy) is 2. The van der Waals surface area contributed by atoms with Gasteiger partial charge in [-0.2, -0.15) is 0 Å². The van der Waals surface area contributed by atoms with Crippen molar-refractivity contribution in [3.8, 4) is 11.5 Å². The summed E-state index contributed by atoms with van der Waals surface area (Å²) in [6, 6.07) is 13.1. The molecule has 5 heteroatoms. The van der Waals surface area contributed by atoms with E-state index in [9.17, 15) is 4.39 Å². The van der Waals surface area contributed by atoms with Gasteiger partial charge in [-0.25, -0.2) is 4.39 Å². The van der Waals surface area contributed by atoms with Crippen LogP contribution in [0.5, 0.6) is 11.5 Å². The minimum Gasteiger partial charge on any atom is -0.493 e. The Balaban J connectivity index is 1.97. The molecule has 1 aromatic heterocycles. The molecule has 0 aliphatic heterocycles. The summed E-state index contributed by atoms with van der Waals surface area (Å²) in [4.78, 5) is 4.04. The van der Waals surface area contributed by atoms with Crippen molar-refractivity contribution in [1.29, 1.82) is 0 Å². The molecular weight excluding hydrogens is 305 g/mol. The topological polar surface area (TPSA) is 31.4 Å². The van der Waals surface area contributed by atoms with Crippen molar-refractivity contribution in [2.45, 2.75) is 6.61 Å². The summed E-state index contributed by atoms with van der Waals surface area (Å²) >= 11 is 5.97. The molecule has 0 amide bonds. The summed E-state index contributed by atoms with van der Waals surface area (Å²) in [5.74, 6) is 0.459. The molecule has 22 heavy (non-hydrogen) atoms. The van der Waals surface area contributed by atoms with Gasteiger partial charge in [-0.05, 0) is 11.6 Å². The molecule has 0 spiro atoms. The predicted octanol–water partition coefficient (Wildman–Crippen LogP) is 4.61. The van der Waals surface area contributed by atoms with E-state index in [0.29, 0.717) is 29.0 Å². The zero-order valence-electron chi connectivity index (χ0n) is 11.8. The van der Waals surface area contributed by atoms with Gasteiger partial charge in [-0.15, -0.1) is 0 Å². The maximum atomic E-state index is 13.5. The molecule has 0 unspecified atom stereocenters. The minimum atomic E-state index is -0.561. The smallest absolute Gasteiger partial charge is 0.163 e. The Morgan fingerprint density at radius 2 is 1.91 bits per heavy atom. The summed E-state index contributed by atoms with van der Waals surface area (Å²) in [5, 5.41) is 0.517. The fraction of sp³-hybridized carbons (Fsp3) is 0.118. The fourth-order valence-electron chi connectivity index (χ4n) is 2.15. The van der Waals surface area contributed by atoms with Crippen LogP contribution < -0.4 is 9.47 Å². The Hall–Kier alpha value is -2.33. The highest BCUT2D eigenvalue weighted by Gasteiger charge is 2.12. The van der Waals surface area contributed by atoms with Crippen LogP contribution in [0.2, 0.25) is 5.02 Å². The van der Waals surface area contributed by atoms with Crippen molar-refractivity contribution in [3.05, 3.63) is 65.1 Å². The Morgan fingerprint density at radius 3 is 2.64 bits per heavy atom. The number of methoxy groups -OCH3 is 1. The van der Waals surface area contributed by atoms with Gasteiger partial charge in [-0.1, -0.05) is 41.9 Å². The molecule has 0 aliphatic carbocycles. The van der Waals surface area contributed by atoms with E-state index < -0.39 is 5.82 Å². The molecule has 0 bridgehead atoms. The summed E-state index contributed by atoms with van der Waals surface area (Å²) in [7, 11) is 1.52. The van der Waals surface area contributed by atoms with E-state index in [4.69, 9.17) is 21.1 Å². The van der Waals surface area contributed by atoms with Crippen molar-refractivity contribution >= 4 is 22.5 Å². The van der Waals surface area contributed by atoms with Gasteiger partial charge in [0.25, 0.3) is 0 Å². The third-order valence-electron chi connectivity index (χ3n) is 3.28. The van der Waals surface area contributed by atoms with Crippen molar-refractivity contribution in [1.82, 2.24) is 4.98 Å². The van der Waals surface area contributed by atoms with Crippen LogP contribution in [0, 0.1) is 5.82 Å². The molecule has 112 valence electrons. The number of hydrogen-bond acceptors (Lipinski definition) is 3. The van der Waals surface area contributed by atoms with Crippen LogP contribution in [0.15, 0.2) is 48.7 Å². The number of fused-ring (bicyclic) bond motifs is 1. The Bertz CT molecular complexity index is 809. The fourth-order valence-corrected chi connectivity index (χ4v) is 2.35. The van der Waals surface area contributed by atoms with Gasteiger partial charge in [0.1, 0.15) is 6.61 Å². The maximum Gasteiger partial charge on any atom is 0.163 e. The monoisotopic (exact) mass is 317 g/mol. The van der Waals surface area contributed by atoms with E-state index >= 15 is 0 Å². The zero-order chi connectivity index (χ0) is 15.5. The Labute approximate surface area is 132 Å². The van der Waals surface area contributed by atoms with Crippen LogP contribution in [-0.4, -0.2) is 12.1 Å². The number of nitrogens with zero attached hydrogens (tertiary/aromatic N) is 1. The minimum absolute atomic E-state index is 0.0258. The lowest BCUT2D eigenvalue weighted by Crippen LogP contribution is -1.98. The molecule has 0 radical (unpaired) electrons. The van der Waals surface area contributed by atoms with E-state index in [0.717, 1.165) is 11.8 Å². The highest BCUT2D eigenvalue weighted by molar-refractivity contribution is 6.35. The first-order valence-corrected chi connectivity index (χ1v) is 7.05. The van der Waals surface area contributed by atoms with E-state index in [1.807, 2.05) is 30.3 Å². The molecule has 0 fully saturated rings. The second kappa shape index (κ2) is 6.20. The Morgan fingerprint density at radius 1 is 1.14 bits per heavy atom. The van der Waals surface area contributed by atoms with Gasteiger partial charge in [0, 0.05) is 11.5 Å². The van der Waals surface area contributed by atoms with Crippen LogP contribution in [0.1, 0.15) is 5.56 Å². The average molecular weight is 318 g/mol. The van der Waals surface area contributed by atoms with Gasteiger partial charge in [0.15, 0.2) is 17.3 Å². The second-order valence-electron chi connectivity index (χ2n) is 4.71. The van der Waals surface area contributed by atoms with E-state index in [2.05, 4.69) is 4.98 Å². The third kappa shape index (κ3) is 2.83. The van der Waals surface area contributed by atoms with Gasteiger partial charge < -0.3 is 9.47 Å². The number of halogens is 2. The molecule has 0 saturated carbocycles. The molecule has 1 heterocycles. The first kappa shape index (κ1) is 14.6. The van der Waals surface area contributed by atoms with E-state index in [-0.39, 0.29) is 5.02 Å². The molecule has 3 nitrogen and oxygen atoms in total. The van der Waals surface area contributed by atoms with Gasteiger partial charge in [0.2, 0.25) is 0 Å². The van der Waals surface area contributed by atoms with Crippen LogP contribution >= 0.6 is 11.6 Å².